The van der Waals surface area contributed by atoms with Gasteiger partial charge in [0.1, 0.15) is 0 Å². The highest BCUT2D eigenvalue weighted by Crippen LogP contribution is 2.04. The standard InChI is InChI=1S/C14H19N5O3/c15-11-3-1-10(2-4-11)9-17-14(22)18-12(20)13(21)19-7-5-16-6-8-19/h1-4,16H,5-9,15H2,(H2,17,18,20,22). The molecular weight excluding hydrogens is 286 g/mol. The number of carbonyl (C=O) groups is 3. The van der Waals surface area contributed by atoms with Crippen molar-refractivity contribution in [2.24, 2.45) is 0 Å². The van der Waals surface area contributed by atoms with Crippen LogP contribution in [0.2, 0.25) is 0 Å². The first-order valence-electron chi connectivity index (χ1n) is 6.99. The van der Waals surface area contributed by atoms with Gasteiger partial charge in [-0.25, -0.2) is 4.79 Å². The van der Waals surface area contributed by atoms with Gasteiger partial charge in [-0.1, -0.05) is 12.1 Å². The van der Waals surface area contributed by atoms with Gasteiger partial charge in [0.25, 0.3) is 0 Å². The van der Waals surface area contributed by atoms with E-state index in [9.17, 15) is 14.4 Å². The fraction of sp³-hybridized carbons (Fsp3) is 0.357. The number of hydrogen-bond acceptors (Lipinski definition) is 5. The van der Waals surface area contributed by atoms with E-state index >= 15 is 0 Å². The van der Waals surface area contributed by atoms with E-state index in [0.29, 0.717) is 31.9 Å². The molecule has 1 aliphatic heterocycles. The van der Waals surface area contributed by atoms with E-state index in [0.717, 1.165) is 5.56 Å². The van der Waals surface area contributed by atoms with E-state index in [1.54, 1.807) is 24.3 Å². The first-order valence-corrected chi connectivity index (χ1v) is 6.99. The van der Waals surface area contributed by atoms with Gasteiger partial charge in [0.15, 0.2) is 0 Å². The molecule has 0 aromatic heterocycles. The zero-order chi connectivity index (χ0) is 15.9. The predicted molar refractivity (Wildman–Crippen MR) is 80.7 cm³/mol. The van der Waals surface area contributed by atoms with Crippen LogP contribution in [0.15, 0.2) is 24.3 Å². The number of nitrogens with two attached hydrogens (primary N) is 1. The molecule has 2 rings (SSSR count). The van der Waals surface area contributed by atoms with Gasteiger partial charge in [-0.15, -0.1) is 0 Å². The number of piperazine rings is 1. The lowest BCUT2D eigenvalue weighted by atomic mass is 10.2. The second kappa shape index (κ2) is 7.41. The van der Waals surface area contributed by atoms with Gasteiger partial charge in [0.2, 0.25) is 0 Å². The van der Waals surface area contributed by atoms with Crippen LogP contribution in [0.3, 0.4) is 0 Å². The second-order valence-corrected chi connectivity index (χ2v) is 4.92. The molecule has 22 heavy (non-hydrogen) atoms. The molecule has 118 valence electrons. The summed E-state index contributed by atoms with van der Waals surface area (Å²) in [7, 11) is 0. The minimum Gasteiger partial charge on any atom is -0.399 e. The molecule has 8 nitrogen and oxygen atoms in total. The van der Waals surface area contributed by atoms with Gasteiger partial charge in [-0.05, 0) is 17.7 Å². The van der Waals surface area contributed by atoms with Crippen molar-refractivity contribution in [3.05, 3.63) is 29.8 Å². The molecule has 1 aliphatic rings. The van der Waals surface area contributed by atoms with Crippen molar-refractivity contribution in [2.45, 2.75) is 6.54 Å². The van der Waals surface area contributed by atoms with Gasteiger partial charge < -0.3 is 21.3 Å². The van der Waals surface area contributed by atoms with Crippen molar-refractivity contribution < 1.29 is 14.4 Å². The van der Waals surface area contributed by atoms with Crippen LogP contribution in [0, 0.1) is 0 Å². The van der Waals surface area contributed by atoms with E-state index in [2.05, 4.69) is 10.6 Å². The predicted octanol–water partition coefficient (Wildman–Crippen LogP) is -0.974. The summed E-state index contributed by atoms with van der Waals surface area (Å²) >= 11 is 0. The largest absolute Gasteiger partial charge is 0.399 e. The summed E-state index contributed by atoms with van der Waals surface area (Å²) in [5, 5.41) is 7.62. The zero-order valence-corrected chi connectivity index (χ0v) is 12.1. The number of nitrogens with one attached hydrogen (secondary N) is 3. The van der Waals surface area contributed by atoms with E-state index < -0.39 is 17.8 Å². The highest BCUT2D eigenvalue weighted by molar-refractivity contribution is 6.37. The topological polar surface area (TPSA) is 117 Å². The Morgan fingerprint density at radius 3 is 2.41 bits per heavy atom. The molecule has 1 aromatic carbocycles. The van der Waals surface area contributed by atoms with Crippen LogP contribution in [0.5, 0.6) is 0 Å². The normalized spacial score (nSPS) is 14.3. The first-order chi connectivity index (χ1) is 10.6. The second-order valence-electron chi connectivity index (χ2n) is 4.92. The number of anilines is 1. The molecular formula is C14H19N5O3. The van der Waals surface area contributed by atoms with E-state index in [-0.39, 0.29) is 6.54 Å². The maximum atomic E-state index is 11.8. The lowest BCUT2D eigenvalue weighted by molar-refractivity contribution is -0.145. The molecule has 0 bridgehead atoms. The van der Waals surface area contributed by atoms with E-state index in [4.69, 9.17) is 5.73 Å². The van der Waals surface area contributed by atoms with Crippen molar-refractivity contribution in [1.82, 2.24) is 20.9 Å². The highest BCUT2D eigenvalue weighted by Gasteiger charge is 2.24. The lowest BCUT2D eigenvalue weighted by Gasteiger charge is -2.26. The fourth-order valence-electron chi connectivity index (χ4n) is 2.03. The Kier molecular flexibility index (Phi) is 5.31. The molecule has 1 heterocycles. The number of imide groups is 1. The number of carbonyl (C=O) groups excluding carboxylic acids is 3. The van der Waals surface area contributed by atoms with Crippen molar-refractivity contribution in [2.75, 3.05) is 31.9 Å². The number of benzene rings is 1. The Morgan fingerprint density at radius 1 is 1.14 bits per heavy atom. The highest BCUT2D eigenvalue weighted by atomic mass is 16.2. The average molecular weight is 305 g/mol. The van der Waals surface area contributed by atoms with Crippen LogP contribution in [0.4, 0.5) is 10.5 Å². The van der Waals surface area contributed by atoms with E-state index in [1.165, 1.54) is 4.90 Å². The molecule has 8 heteroatoms. The maximum absolute atomic E-state index is 11.8. The summed E-state index contributed by atoms with van der Waals surface area (Å²) in [4.78, 5) is 36.6. The summed E-state index contributed by atoms with van der Waals surface area (Å²) in [6.07, 6.45) is 0. The van der Waals surface area contributed by atoms with Crippen molar-refractivity contribution >= 4 is 23.5 Å². The van der Waals surface area contributed by atoms with Crippen LogP contribution in [-0.2, 0) is 16.1 Å². The number of hydrogen-bond donors (Lipinski definition) is 4. The molecule has 1 aromatic rings. The number of amides is 4. The van der Waals surface area contributed by atoms with Crippen LogP contribution < -0.4 is 21.7 Å². The molecule has 0 unspecified atom stereocenters. The van der Waals surface area contributed by atoms with Crippen molar-refractivity contribution in [3.63, 3.8) is 0 Å². The third-order valence-electron chi connectivity index (χ3n) is 3.26. The van der Waals surface area contributed by atoms with Gasteiger partial charge in [0.05, 0.1) is 0 Å². The third kappa shape index (κ3) is 4.45. The maximum Gasteiger partial charge on any atom is 0.322 e. The van der Waals surface area contributed by atoms with Crippen LogP contribution in [0.1, 0.15) is 5.56 Å². The van der Waals surface area contributed by atoms with Gasteiger partial charge >= 0.3 is 17.8 Å². The number of nitrogen functional groups attached to an aromatic ring is 1. The molecule has 0 radical (unpaired) electrons. The van der Waals surface area contributed by atoms with Gasteiger partial charge in [-0.3, -0.25) is 14.9 Å². The van der Waals surface area contributed by atoms with Crippen LogP contribution in [-0.4, -0.2) is 48.9 Å². The minimum atomic E-state index is -0.920. The Hall–Kier alpha value is -2.61. The smallest absolute Gasteiger partial charge is 0.322 e. The van der Waals surface area contributed by atoms with Crippen LogP contribution in [0.25, 0.3) is 0 Å². The molecule has 0 aliphatic carbocycles. The molecule has 4 amide bonds. The summed E-state index contributed by atoms with van der Waals surface area (Å²) in [5.41, 5.74) is 7.03. The first kappa shape index (κ1) is 15.8. The molecule has 1 fully saturated rings. The Morgan fingerprint density at radius 2 is 1.77 bits per heavy atom. The summed E-state index contributed by atoms with van der Waals surface area (Å²) in [6.45, 7) is 2.44. The molecule has 0 spiro atoms. The Bertz CT molecular complexity index is 552. The summed E-state index contributed by atoms with van der Waals surface area (Å²) in [5.74, 6) is -1.61. The SMILES string of the molecule is Nc1ccc(CNC(=O)NC(=O)C(=O)N2CCNCC2)cc1. The third-order valence-corrected chi connectivity index (χ3v) is 3.26. The summed E-state index contributed by atoms with van der Waals surface area (Å²) in [6, 6.07) is 6.26. The Balaban J connectivity index is 1.77. The zero-order valence-electron chi connectivity index (χ0n) is 12.1. The van der Waals surface area contributed by atoms with Crippen LogP contribution >= 0.6 is 0 Å². The summed E-state index contributed by atoms with van der Waals surface area (Å²) < 4.78 is 0. The average Bonchev–Trinajstić information content (AvgIpc) is 2.54. The van der Waals surface area contributed by atoms with Gasteiger partial charge in [0, 0.05) is 38.4 Å². The van der Waals surface area contributed by atoms with E-state index in [1.807, 2.05) is 5.32 Å². The monoisotopic (exact) mass is 305 g/mol. The number of urea groups is 1. The molecule has 0 saturated carbocycles. The molecule has 5 N–H and O–H groups in total. The Labute approximate surface area is 128 Å². The number of nitrogens with zero attached hydrogens (tertiary/aromatic N) is 1. The molecule has 0 atom stereocenters. The fourth-order valence-corrected chi connectivity index (χ4v) is 2.03. The van der Waals surface area contributed by atoms with Crippen molar-refractivity contribution in [3.8, 4) is 0 Å². The number of rotatable bonds is 2. The quantitative estimate of drug-likeness (QED) is 0.414. The van der Waals surface area contributed by atoms with Gasteiger partial charge in [-0.2, -0.15) is 0 Å². The van der Waals surface area contributed by atoms with Crippen molar-refractivity contribution in [1.29, 1.82) is 0 Å². The lowest BCUT2D eigenvalue weighted by Crippen LogP contribution is -2.53. The minimum absolute atomic E-state index is 0.237. The molecule has 1 saturated heterocycles.